The number of halogens is 3. The third kappa shape index (κ3) is 4.40. The molecule has 2 saturated carbocycles. The van der Waals surface area contributed by atoms with Crippen molar-refractivity contribution in [2.75, 3.05) is 5.75 Å². The summed E-state index contributed by atoms with van der Waals surface area (Å²) >= 11 is 0.878. The largest absolute Gasteiger partial charge is 0.417 e. The molecule has 4 nitrogen and oxygen atoms in total. The van der Waals surface area contributed by atoms with E-state index in [0.29, 0.717) is 11.8 Å². The predicted octanol–water partition coefficient (Wildman–Crippen LogP) is 4.31. The van der Waals surface area contributed by atoms with Crippen molar-refractivity contribution in [2.45, 2.75) is 56.8 Å². The van der Waals surface area contributed by atoms with Gasteiger partial charge in [0.1, 0.15) is 11.1 Å². The van der Waals surface area contributed by atoms with Crippen molar-refractivity contribution in [2.24, 2.45) is 17.8 Å². The van der Waals surface area contributed by atoms with Crippen molar-refractivity contribution in [3.63, 3.8) is 0 Å². The number of aryl methyl sites for hydroxylation is 1. The first-order chi connectivity index (χ1) is 12.7. The Balaban J connectivity index is 1.63. The summed E-state index contributed by atoms with van der Waals surface area (Å²) in [6.45, 7) is 3.44. The molecule has 4 unspecified atom stereocenters. The van der Waals surface area contributed by atoms with Crippen LogP contribution in [0.2, 0.25) is 0 Å². The molecule has 27 heavy (non-hydrogen) atoms. The van der Waals surface area contributed by atoms with E-state index in [-0.39, 0.29) is 28.4 Å². The normalized spacial score (nSPS) is 25.3. The molecule has 1 aromatic rings. The second-order valence-corrected chi connectivity index (χ2v) is 8.55. The van der Waals surface area contributed by atoms with Crippen LogP contribution in [-0.2, 0) is 11.0 Å². The highest BCUT2D eigenvalue weighted by Gasteiger charge is 2.42. The van der Waals surface area contributed by atoms with Crippen molar-refractivity contribution >= 4 is 17.7 Å². The molecule has 0 aliphatic heterocycles. The Bertz CT molecular complexity index is 775. The average molecular weight is 397 g/mol. The second-order valence-electron chi connectivity index (χ2n) is 7.58. The van der Waals surface area contributed by atoms with Gasteiger partial charge < -0.3 is 5.32 Å². The summed E-state index contributed by atoms with van der Waals surface area (Å²) in [6, 6.07) is 2.51. The molecule has 0 aromatic carbocycles. The van der Waals surface area contributed by atoms with Gasteiger partial charge in [-0.25, -0.2) is 4.98 Å². The predicted molar refractivity (Wildman–Crippen MR) is 96.0 cm³/mol. The molecular formula is C19H22F3N3OS. The molecule has 2 aliphatic rings. The number of amides is 1. The third-order valence-electron chi connectivity index (χ3n) is 5.70. The summed E-state index contributed by atoms with van der Waals surface area (Å²) in [7, 11) is 0. The number of hydrogen-bond donors (Lipinski definition) is 1. The number of pyridine rings is 1. The van der Waals surface area contributed by atoms with E-state index in [2.05, 4.69) is 10.3 Å². The zero-order valence-corrected chi connectivity index (χ0v) is 16.1. The lowest BCUT2D eigenvalue weighted by Gasteiger charge is -2.28. The highest BCUT2D eigenvalue weighted by atomic mass is 32.2. The van der Waals surface area contributed by atoms with E-state index in [1.54, 1.807) is 6.07 Å². The SMILES string of the molecule is Cc1cc(C(F)(F)F)c(C#N)c(SCC(=O)NC(C)C2CC3CCC2C3)n1. The number of nitriles is 1. The zero-order chi connectivity index (χ0) is 19.8. The Morgan fingerprint density at radius 1 is 1.44 bits per heavy atom. The van der Waals surface area contributed by atoms with Crippen LogP contribution >= 0.6 is 11.8 Å². The quantitative estimate of drug-likeness (QED) is 0.752. The van der Waals surface area contributed by atoms with Gasteiger partial charge in [0.2, 0.25) is 5.91 Å². The topological polar surface area (TPSA) is 65.8 Å². The number of thioether (sulfide) groups is 1. The number of carbonyl (C=O) groups is 1. The van der Waals surface area contributed by atoms with Crippen molar-refractivity contribution in [1.29, 1.82) is 5.26 Å². The molecule has 2 bridgehead atoms. The highest BCUT2D eigenvalue weighted by molar-refractivity contribution is 8.00. The second kappa shape index (κ2) is 7.70. The van der Waals surface area contributed by atoms with Gasteiger partial charge in [0.05, 0.1) is 16.9 Å². The molecule has 1 aromatic heterocycles. The number of fused-ring (bicyclic) bond motifs is 2. The molecule has 0 radical (unpaired) electrons. The van der Waals surface area contributed by atoms with Crippen LogP contribution in [0.3, 0.4) is 0 Å². The minimum Gasteiger partial charge on any atom is -0.353 e. The minimum absolute atomic E-state index is 0.0486. The molecule has 0 saturated heterocycles. The van der Waals surface area contributed by atoms with E-state index < -0.39 is 17.3 Å². The van der Waals surface area contributed by atoms with E-state index in [0.717, 1.165) is 30.2 Å². The summed E-state index contributed by atoms with van der Waals surface area (Å²) in [6.07, 6.45) is 0.274. The molecule has 1 amide bonds. The van der Waals surface area contributed by atoms with Crippen LogP contribution in [-0.4, -0.2) is 22.7 Å². The van der Waals surface area contributed by atoms with Gasteiger partial charge in [-0.15, -0.1) is 0 Å². The fourth-order valence-corrected chi connectivity index (χ4v) is 5.38. The van der Waals surface area contributed by atoms with E-state index >= 15 is 0 Å². The molecule has 8 heteroatoms. The highest BCUT2D eigenvalue weighted by Crippen LogP contribution is 2.49. The number of nitrogens with one attached hydrogen (secondary N) is 1. The van der Waals surface area contributed by atoms with E-state index in [1.165, 1.54) is 26.2 Å². The zero-order valence-electron chi connectivity index (χ0n) is 15.3. The first-order valence-electron chi connectivity index (χ1n) is 9.10. The van der Waals surface area contributed by atoms with Gasteiger partial charge in [-0.2, -0.15) is 18.4 Å². The fourth-order valence-electron chi connectivity index (χ4n) is 4.52. The van der Waals surface area contributed by atoms with Gasteiger partial charge in [-0.1, -0.05) is 18.2 Å². The average Bonchev–Trinajstić information content (AvgIpc) is 3.22. The molecule has 2 fully saturated rings. The molecule has 0 spiro atoms. The van der Waals surface area contributed by atoms with Crippen LogP contribution in [0.25, 0.3) is 0 Å². The first-order valence-corrected chi connectivity index (χ1v) is 10.1. The summed E-state index contributed by atoms with van der Waals surface area (Å²) in [5.41, 5.74) is -1.36. The number of rotatable bonds is 5. The number of hydrogen-bond acceptors (Lipinski definition) is 4. The maximum atomic E-state index is 13.1. The number of carbonyl (C=O) groups excluding carboxylic acids is 1. The van der Waals surface area contributed by atoms with Crippen molar-refractivity contribution in [3.8, 4) is 6.07 Å². The minimum atomic E-state index is -4.63. The van der Waals surface area contributed by atoms with E-state index in [9.17, 15) is 18.0 Å². The monoisotopic (exact) mass is 397 g/mol. The Kier molecular flexibility index (Phi) is 5.71. The van der Waals surface area contributed by atoms with Gasteiger partial charge in [-0.3, -0.25) is 4.79 Å². The summed E-state index contributed by atoms with van der Waals surface area (Å²) in [5, 5.41) is 12.1. The van der Waals surface area contributed by atoms with Crippen molar-refractivity contribution in [1.82, 2.24) is 10.3 Å². The van der Waals surface area contributed by atoms with Crippen molar-refractivity contribution < 1.29 is 18.0 Å². The molecule has 4 atom stereocenters. The maximum Gasteiger partial charge on any atom is 0.417 e. The fraction of sp³-hybridized carbons (Fsp3) is 0.632. The molecular weight excluding hydrogens is 375 g/mol. The van der Waals surface area contributed by atoms with Crippen LogP contribution in [0.4, 0.5) is 13.2 Å². The summed E-state index contributed by atoms with van der Waals surface area (Å²) in [4.78, 5) is 16.3. The van der Waals surface area contributed by atoms with Crippen LogP contribution in [0.5, 0.6) is 0 Å². The Morgan fingerprint density at radius 2 is 2.19 bits per heavy atom. The Morgan fingerprint density at radius 3 is 2.74 bits per heavy atom. The molecule has 1 heterocycles. The van der Waals surface area contributed by atoms with Gasteiger partial charge >= 0.3 is 6.18 Å². The summed E-state index contributed by atoms with van der Waals surface area (Å²) < 4.78 is 39.4. The first kappa shape index (κ1) is 20.0. The van der Waals surface area contributed by atoms with Crippen LogP contribution in [0.15, 0.2) is 11.1 Å². The summed E-state index contributed by atoms with van der Waals surface area (Å²) in [5.74, 6) is 1.64. The molecule has 3 rings (SSSR count). The third-order valence-corrected chi connectivity index (χ3v) is 6.67. The number of aromatic nitrogens is 1. The van der Waals surface area contributed by atoms with Crippen molar-refractivity contribution in [3.05, 3.63) is 22.9 Å². The van der Waals surface area contributed by atoms with E-state index in [1.807, 2.05) is 6.92 Å². The van der Waals surface area contributed by atoms with Crippen LogP contribution < -0.4 is 5.32 Å². The molecule has 146 valence electrons. The smallest absolute Gasteiger partial charge is 0.353 e. The van der Waals surface area contributed by atoms with Gasteiger partial charge in [0, 0.05) is 11.7 Å². The Hall–Kier alpha value is -1.75. The van der Waals surface area contributed by atoms with Gasteiger partial charge in [0.15, 0.2) is 0 Å². The number of alkyl halides is 3. The van der Waals surface area contributed by atoms with Gasteiger partial charge in [0.25, 0.3) is 0 Å². The standard InChI is InChI=1S/C19H22F3N3OS/c1-10-5-16(19(20,21)22)15(8-23)18(24-10)27-9-17(26)25-11(2)14-7-12-3-4-13(14)6-12/h5,11-14H,3-4,6-7,9H2,1-2H3,(H,25,26). The van der Waals surface area contributed by atoms with Gasteiger partial charge in [-0.05, 0) is 56.9 Å². The molecule has 1 N–H and O–H groups in total. The van der Waals surface area contributed by atoms with Crippen LogP contribution in [0, 0.1) is 36.0 Å². The maximum absolute atomic E-state index is 13.1. The molecule has 2 aliphatic carbocycles. The lowest BCUT2D eigenvalue weighted by atomic mass is 9.84. The van der Waals surface area contributed by atoms with E-state index in [4.69, 9.17) is 5.26 Å². The van der Waals surface area contributed by atoms with Crippen LogP contribution in [0.1, 0.15) is 49.4 Å². The Labute approximate surface area is 160 Å². The lowest BCUT2D eigenvalue weighted by Crippen LogP contribution is -2.40. The number of nitrogens with zero attached hydrogens (tertiary/aromatic N) is 2. The lowest BCUT2D eigenvalue weighted by molar-refractivity contribution is -0.138.